The van der Waals surface area contributed by atoms with Gasteiger partial charge in [0, 0.05) is 26.2 Å². The van der Waals surface area contributed by atoms with E-state index in [1.165, 1.54) is 22.9 Å². The van der Waals surface area contributed by atoms with Crippen molar-refractivity contribution in [1.29, 1.82) is 0 Å². The van der Waals surface area contributed by atoms with Crippen LogP contribution >= 0.6 is 0 Å². The number of hydrogen-bond donors (Lipinski definition) is 0. The molecule has 7 heteroatoms. The number of anilines is 1. The third-order valence-electron chi connectivity index (χ3n) is 3.37. The maximum Gasteiger partial charge on any atom is 0.177 e. The van der Waals surface area contributed by atoms with Crippen LogP contribution in [0.1, 0.15) is 22.1 Å². The van der Waals surface area contributed by atoms with Crippen molar-refractivity contribution in [2.24, 2.45) is 7.05 Å². The predicted molar refractivity (Wildman–Crippen MR) is 65.5 cm³/mol. The number of tetrazole rings is 1. The second kappa shape index (κ2) is 4.11. The second-order valence-corrected chi connectivity index (χ2v) is 4.62. The zero-order chi connectivity index (χ0) is 13.6. The molecule has 2 heterocycles. The Hall–Kier alpha value is -2.31. The predicted octanol–water partition coefficient (Wildman–Crippen LogP) is 0.765. The zero-order valence-corrected chi connectivity index (χ0v) is 10.5. The van der Waals surface area contributed by atoms with Crippen molar-refractivity contribution in [3.63, 3.8) is 0 Å². The molecule has 19 heavy (non-hydrogen) atoms. The van der Waals surface area contributed by atoms with Gasteiger partial charge in [0.1, 0.15) is 11.7 Å². The third-order valence-corrected chi connectivity index (χ3v) is 3.37. The van der Waals surface area contributed by atoms with Crippen molar-refractivity contribution < 1.29 is 9.18 Å². The van der Waals surface area contributed by atoms with E-state index in [-0.39, 0.29) is 11.6 Å². The number of carbonyl (C=O) groups excluding carboxylic acids is 1. The summed E-state index contributed by atoms with van der Waals surface area (Å²) in [6.45, 7) is 0.434. The van der Waals surface area contributed by atoms with Crippen LogP contribution in [0.3, 0.4) is 0 Å². The summed E-state index contributed by atoms with van der Waals surface area (Å²) in [6, 6.07) is 4.18. The Morgan fingerprint density at radius 3 is 2.84 bits per heavy atom. The van der Waals surface area contributed by atoms with E-state index in [9.17, 15) is 9.18 Å². The van der Waals surface area contributed by atoms with E-state index in [1.54, 1.807) is 7.05 Å². The van der Waals surface area contributed by atoms with Crippen molar-refractivity contribution in [3.05, 3.63) is 35.4 Å². The van der Waals surface area contributed by atoms with Crippen LogP contribution in [-0.2, 0) is 7.05 Å². The highest BCUT2D eigenvalue weighted by atomic mass is 19.1. The maximum atomic E-state index is 13.3. The molecule has 3 rings (SSSR count). The van der Waals surface area contributed by atoms with Crippen LogP contribution in [0.4, 0.5) is 10.1 Å². The van der Waals surface area contributed by atoms with Crippen LogP contribution in [0.15, 0.2) is 18.2 Å². The van der Waals surface area contributed by atoms with Gasteiger partial charge in [0.15, 0.2) is 11.6 Å². The number of fused-ring (bicyclic) bond motifs is 1. The van der Waals surface area contributed by atoms with E-state index < -0.39 is 5.92 Å². The summed E-state index contributed by atoms with van der Waals surface area (Å²) in [5, 5.41) is 11.2. The fourth-order valence-corrected chi connectivity index (χ4v) is 2.40. The van der Waals surface area contributed by atoms with E-state index in [4.69, 9.17) is 0 Å². The molecule has 1 aromatic carbocycles. The highest BCUT2D eigenvalue weighted by Gasteiger charge is 2.34. The largest absolute Gasteiger partial charge is 0.373 e. The lowest BCUT2D eigenvalue weighted by Gasteiger charge is -2.31. The minimum atomic E-state index is -0.428. The van der Waals surface area contributed by atoms with E-state index in [0.717, 1.165) is 0 Å². The number of hydrogen-bond acceptors (Lipinski definition) is 5. The second-order valence-electron chi connectivity index (χ2n) is 4.62. The summed E-state index contributed by atoms with van der Waals surface area (Å²) in [7, 11) is 3.52. The number of aromatic nitrogens is 4. The van der Waals surface area contributed by atoms with Gasteiger partial charge in [-0.2, -0.15) is 0 Å². The Bertz CT molecular complexity index is 653. The molecule has 1 aliphatic heterocycles. The first-order chi connectivity index (χ1) is 9.08. The van der Waals surface area contributed by atoms with Gasteiger partial charge in [0.05, 0.1) is 5.69 Å². The molecule has 6 nitrogen and oxygen atoms in total. The monoisotopic (exact) mass is 261 g/mol. The van der Waals surface area contributed by atoms with Crippen molar-refractivity contribution in [2.75, 3.05) is 18.5 Å². The molecule has 98 valence electrons. The smallest absolute Gasteiger partial charge is 0.177 e. The molecule has 0 saturated heterocycles. The van der Waals surface area contributed by atoms with Crippen LogP contribution in [0.5, 0.6) is 0 Å². The molecule has 0 fully saturated rings. The molecule has 0 amide bonds. The number of likely N-dealkylation sites (N-methyl/N-ethyl adjacent to an activating group) is 1. The number of Topliss-reactive ketones (excluding diaryl/α,β-unsaturated/α-hetero) is 1. The van der Waals surface area contributed by atoms with Gasteiger partial charge in [-0.15, -0.1) is 5.10 Å². The minimum absolute atomic E-state index is 0.0778. The molecule has 2 aromatic rings. The Morgan fingerprint density at radius 2 is 2.16 bits per heavy atom. The lowest BCUT2D eigenvalue weighted by atomic mass is 9.90. The van der Waals surface area contributed by atoms with Gasteiger partial charge in [-0.05, 0) is 28.6 Å². The standard InChI is InChI=1S/C12H12FN5O/c1-17-6-9(12-14-15-16-18(12)2)11(19)8-4-3-7(13)5-10(8)17/h3-5,9H,6H2,1-2H3. The number of benzene rings is 1. The summed E-state index contributed by atoms with van der Waals surface area (Å²) in [4.78, 5) is 14.3. The van der Waals surface area contributed by atoms with Gasteiger partial charge in [0.2, 0.25) is 0 Å². The molecule has 0 radical (unpaired) electrons. The van der Waals surface area contributed by atoms with Crippen molar-refractivity contribution in [3.8, 4) is 0 Å². The van der Waals surface area contributed by atoms with Gasteiger partial charge in [-0.25, -0.2) is 9.07 Å². The Morgan fingerprint density at radius 1 is 1.37 bits per heavy atom. The van der Waals surface area contributed by atoms with E-state index in [2.05, 4.69) is 15.5 Å². The molecule has 0 bridgehead atoms. The van der Waals surface area contributed by atoms with Crippen LogP contribution in [0.2, 0.25) is 0 Å². The average Bonchev–Trinajstić information content (AvgIpc) is 2.80. The lowest BCUT2D eigenvalue weighted by molar-refractivity contribution is 0.0951. The summed E-state index contributed by atoms with van der Waals surface area (Å²) in [6.07, 6.45) is 0. The van der Waals surface area contributed by atoms with Crippen LogP contribution in [0, 0.1) is 5.82 Å². The average molecular weight is 261 g/mol. The normalized spacial score (nSPS) is 18.6. The van der Waals surface area contributed by atoms with Gasteiger partial charge in [-0.3, -0.25) is 4.79 Å². The molecular weight excluding hydrogens is 249 g/mol. The van der Waals surface area contributed by atoms with Crippen LogP contribution < -0.4 is 4.90 Å². The Labute approximate surface area is 108 Å². The van der Waals surface area contributed by atoms with Crippen molar-refractivity contribution in [1.82, 2.24) is 20.2 Å². The molecule has 1 aromatic heterocycles. The summed E-state index contributed by atoms with van der Waals surface area (Å²) in [5.41, 5.74) is 1.11. The van der Waals surface area contributed by atoms with Crippen molar-refractivity contribution in [2.45, 2.75) is 5.92 Å². The minimum Gasteiger partial charge on any atom is -0.373 e. The van der Waals surface area contributed by atoms with Crippen LogP contribution in [-0.4, -0.2) is 39.6 Å². The lowest BCUT2D eigenvalue weighted by Crippen LogP contribution is -2.36. The van der Waals surface area contributed by atoms with Crippen molar-refractivity contribution >= 4 is 11.5 Å². The Balaban J connectivity index is 2.08. The molecule has 1 atom stereocenters. The number of carbonyl (C=O) groups is 1. The van der Waals surface area contributed by atoms with Gasteiger partial charge < -0.3 is 4.90 Å². The molecule has 0 N–H and O–H groups in total. The quantitative estimate of drug-likeness (QED) is 0.758. The van der Waals surface area contributed by atoms with Gasteiger partial charge in [0.25, 0.3) is 0 Å². The highest BCUT2D eigenvalue weighted by molar-refractivity contribution is 6.07. The number of aryl methyl sites for hydroxylation is 1. The molecule has 0 saturated carbocycles. The fraction of sp³-hybridized carbons (Fsp3) is 0.333. The van der Waals surface area contributed by atoms with E-state index in [1.807, 2.05) is 11.9 Å². The number of ketones is 1. The third kappa shape index (κ3) is 1.78. The van der Waals surface area contributed by atoms with Gasteiger partial charge in [-0.1, -0.05) is 0 Å². The molecular formula is C12H12FN5O. The first kappa shape index (κ1) is 11.8. The molecule has 0 spiro atoms. The summed E-state index contributed by atoms with van der Waals surface area (Å²) >= 11 is 0. The van der Waals surface area contributed by atoms with Gasteiger partial charge >= 0.3 is 0 Å². The number of halogens is 1. The zero-order valence-electron chi connectivity index (χ0n) is 10.5. The molecule has 0 aliphatic carbocycles. The molecule has 1 unspecified atom stereocenters. The summed E-state index contributed by atoms with van der Waals surface area (Å²) in [5.74, 6) is -0.335. The maximum absolute atomic E-state index is 13.3. The first-order valence-corrected chi connectivity index (χ1v) is 5.85. The first-order valence-electron chi connectivity index (χ1n) is 5.85. The Kier molecular flexibility index (Phi) is 2.55. The van der Waals surface area contributed by atoms with E-state index >= 15 is 0 Å². The van der Waals surface area contributed by atoms with E-state index in [0.29, 0.717) is 23.6 Å². The topological polar surface area (TPSA) is 63.9 Å². The highest BCUT2D eigenvalue weighted by Crippen LogP contribution is 2.33. The number of nitrogens with zero attached hydrogens (tertiary/aromatic N) is 5. The fourth-order valence-electron chi connectivity index (χ4n) is 2.40. The SMILES string of the molecule is CN1CC(c2nnnn2C)C(=O)c2ccc(F)cc21. The van der Waals surface area contributed by atoms with Crippen LogP contribution in [0.25, 0.3) is 0 Å². The molecule has 1 aliphatic rings. The summed E-state index contributed by atoms with van der Waals surface area (Å²) < 4.78 is 14.7. The number of rotatable bonds is 1.